The van der Waals surface area contributed by atoms with Crippen molar-refractivity contribution < 1.29 is 27.9 Å². The molecule has 0 fully saturated rings. The Kier molecular flexibility index (Phi) is 4.70. The molecule has 1 aromatic rings. The molecule has 0 aromatic carbocycles. The molecule has 0 saturated heterocycles. The Labute approximate surface area is 109 Å². The highest BCUT2D eigenvalue weighted by Crippen LogP contribution is 2.18. The zero-order valence-corrected chi connectivity index (χ0v) is 10.3. The van der Waals surface area contributed by atoms with Crippen LogP contribution in [0.3, 0.4) is 0 Å². The van der Waals surface area contributed by atoms with Gasteiger partial charge >= 0.3 is 12.1 Å². The second-order valence-corrected chi connectivity index (χ2v) is 4.50. The van der Waals surface area contributed by atoms with Crippen LogP contribution in [-0.2, 0) is 16.0 Å². The maximum Gasteiger partial charge on any atom is 0.406 e. The molecule has 106 valence electrons. The fourth-order valence-electron chi connectivity index (χ4n) is 1.28. The summed E-state index contributed by atoms with van der Waals surface area (Å²) in [4.78, 5) is 26.0. The van der Waals surface area contributed by atoms with Crippen molar-refractivity contribution in [1.29, 1.82) is 0 Å². The van der Waals surface area contributed by atoms with Crippen LogP contribution < -0.4 is 5.73 Å². The van der Waals surface area contributed by atoms with Gasteiger partial charge in [0.25, 0.3) is 0 Å². The maximum atomic E-state index is 12.2. The van der Waals surface area contributed by atoms with Crippen molar-refractivity contribution >= 4 is 28.3 Å². The number of aliphatic carboxylic acids is 1. The van der Waals surface area contributed by atoms with Crippen LogP contribution in [0.25, 0.3) is 0 Å². The largest absolute Gasteiger partial charge is 0.480 e. The predicted molar refractivity (Wildman–Crippen MR) is 60.5 cm³/mol. The monoisotopic (exact) mass is 297 g/mol. The van der Waals surface area contributed by atoms with E-state index in [2.05, 4.69) is 4.98 Å². The normalized spacial score (nSPS) is 11.3. The Balaban J connectivity index is 2.73. The van der Waals surface area contributed by atoms with Crippen molar-refractivity contribution in [3.05, 3.63) is 11.1 Å². The summed E-state index contributed by atoms with van der Waals surface area (Å²) < 4.78 is 36.7. The quantitative estimate of drug-likeness (QED) is 0.835. The molecule has 0 bridgehead atoms. The minimum atomic E-state index is -4.66. The summed E-state index contributed by atoms with van der Waals surface area (Å²) in [6.07, 6.45) is -5.08. The van der Waals surface area contributed by atoms with Gasteiger partial charge in [-0.2, -0.15) is 13.2 Å². The first kappa shape index (κ1) is 15.2. The van der Waals surface area contributed by atoms with E-state index in [1.807, 2.05) is 0 Å². The van der Waals surface area contributed by atoms with Crippen LogP contribution in [0, 0.1) is 0 Å². The van der Waals surface area contributed by atoms with Crippen molar-refractivity contribution in [2.24, 2.45) is 0 Å². The lowest BCUT2D eigenvalue weighted by Gasteiger charge is -2.21. The maximum absolute atomic E-state index is 12.2. The SMILES string of the molecule is Nc1nc(CC(=O)N(CC(=O)O)CC(F)(F)F)cs1. The Morgan fingerprint density at radius 1 is 1.47 bits per heavy atom. The lowest BCUT2D eigenvalue weighted by Crippen LogP contribution is -2.42. The average molecular weight is 297 g/mol. The number of alkyl halides is 3. The Morgan fingerprint density at radius 2 is 2.11 bits per heavy atom. The smallest absolute Gasteiger partial charge is 0.406 e. The van der Waals surface area contributed by atoms with Gasteiger partial charge in [0.05, 0.1) is 12.1 Å². The van der Waals surface area contributed by atoms with Gasteiger partial charge in [-0.15, -0.1) is 11.3 Å². The molecule has 10 heteroatoms. The Morgan fingerprint density at radius 3 is 2.53 bits per heavy atom. The molecule has 0 radical (unpaired) electrons. The lowest BCUT2D eigenvalue weighted by molar-refractivity contribution is -0.165. The average Bonchev–Trinajstić information content (AvgIpc) is 2.60. The van der Waals surface area contributed by atoms with E-state index in [1.165, 1.54) is 5.38 Å². The summed E-state index contributed by atoms with van der Waals surface area (Å²) in [7, 11) is 0. The number of carbonyl (C=O) groups excluding carboxylic acids is 1. The molecule has 19 heavy (non-hydrogen) atoms. The molecular formula is C9H10F3N3O3S. The molecule has 0 atom stereocenters. The van der Waals surface area contributed by atoms with Crippen LogP contribution in [0.4, 0.5) is 18.3 Å². The standard InChI is InChI=1S/C9H10F3N3O3S/c10-9(11,12)4-15(2-7(17)18)6(16)1-5-3-19-8(13)14-5/h3H,1-2,4H2,(H2,13,14)(H,17,18). The number of carboxylic acid groups (broad SMARTS) is 1. The third-order valence-electron chi connectivity index (χ3n) is 1.95. The second-order valence-electron chi connectivity index (χ2n) is 3.61. The van der Waals surface area contributed by atoms with Gasteiger partial charge in [0.15, 0.2) is 5.13 Å². The number of thiazole rings is 1. The van der Waals surface area contributed by atoms with E-state index in [0.717, 1.165) is 11.3 Å². The van der Waals surface area contributed by atoms with Gasteiger partial charge in [-0.05, 0) is 0 Å². The number of hydrogen-bond donors (Lipinski definition) is 2. The predicted octanol–water partition coefficient (Wildman–Crippen LogP) is 0.743. The van der Waals surface area contributed by atoms with Crippen LogP contribution in [0.15, 0.2) is 5.38 Å². The number of nitrogens with two attached hydrogens (primary N) is 1. The first-order chi connectivity index (χ1) is 8.67. The summed E-state index contributed by atoms with van der Waals surface area (Å²) in [6.45, 7) is -2.63. The molecule has 1 aromatic heterocycles. The molecule has 1 rings (SSSR count). The van der Waals surface area contributed by atoms with Crippen molar-refractivity contribution in [3.63, 3.8) is 0 Å². The number of aromatic nitrogens is 1. The molecule has 0 aliphatic carbocycles. The molecule has 0 aliphatic rings. The molecule has 0 spiro atoms. The fourth-order valence-corrected chi connectivity index (χ4v) is 1.85. The van der Waals surface area contributed by atoms with Crippen LogP contribution in [0.2, 0.25) is 0 Å². The topological polar surface area (TPSA) is 96.5 Å². The van der Waals surface area contributed by atoms with E-state index in [1.54, 1.807) is 0 Å². The Bertz CT molecular complexity index is 475. The molecule has 0 unspecified atom stereocenters. The van der Waals surface area contributed by atoms with Crippen molar-refractivity contribution in [1.82, 2.24) is 9.88 Å². The summed E-state index contributed by atoms with van der Waals surface area (Å²) in [5.74, 6) is -2.49. The molecule has 1 heterocycles. The van der Waals surface area contributed by atoms with Gasteiger partial charge in [0.2, 0.25) is 5.91 Å². The highest BCUT2D eigenvalue weighted by molar-refractivity contribution is 7.13. The van der Waals surface area contributed by atoms with E-state index in [9.17, 15) is 22.8 Å². The zero-order valence-electron chi connectivity index (χ0n) is 9.48. The van der Waals surface area contributed by atoms with Crippen molar-refractivity contribution in [2.75, 3.05) is 18.8 Å². The van der Waals surface area contributed by atoms with E-state index in [4.69, 9.17) is 10.8 Å². The number of anilines is 1. The summed E-state index contributed by atoms with van der Waals surface area (Å²) in [5, 5.41) is 10.1. The van der Waals surface area contributed by atoms with Gasteiger partial charge in [-0.1, -0.05) is 0 Å². The number of halogens is 3. The molecule has 3 N–H and O–H groups in total. The molecule has 1 amide bonds. The van der Waals surface area contributed by atoms with Gasteiger partial charge in [0, 0.05) is 5.38 Å². The first-order valence-corrected chi connectivity index (χ1v) is 5.81. The first-order valence-electron chi connectivity index (χ1n) is 4.93. The van der Waals surface area contributed by atoms with Crippen molar-refractivity contribution in [2.45, 2.75) is 12.6 Å². The van der Waals surface area contributed by atoms with E-state index < -0.39 is 37.6 Å². The van der Waals surface area contributed by atoms with E-state index >= 15 is 0 Å². The minimum Gasteiger partial charge on any atom is -0.480 e. The van der Waals surface area contributed by atoms with E-state index in [0.29, 0.717) is 0 Å². The summed E-state index contributed by atoms with van der Waals surface area (Å²) in [6, 6.07) is 0. The van der Waals surface area contributed by atoms with Gasteiger partial charge in [0.1, 0.15) is 13.1 Å². The number of carbonyl (C=O) groups is 2. The molecule has 6 nitrogen and oxygen atoms in total. The summed E-state index contributed by atoms with van der Waals surface area (Å²) in [5.41, 5.74) is 5.53. The number of carboxylic acids is 1. The number of nitrogens with zero attached hydrogens (tertiary/aromatic N) is 2. The number of rotatable bonds is 5. The molecular weight excluding hydrogens is 287 g/mol. The second kappa shape index (κ2) is 5.87. The number of amides is 1. The lowest BCUT2D eigenvalue weighted by atomic mass is 10.3. The van der Waals surface area contributed by atoms with Crippen LogP contribution in [0.5, 0.6) is 0 Å². The van der Waals surface area contributed by atoms with Crippen molar-refractivity contribution in [3.8, 4) is 0 Å². The molecule has 0 aliphatic heterocycles. The summed E-state index contributed by atoms with van der Waals surface area (Å²) >= 11 is 1.04. The Hall–Kier alpha value is -1.84. The highest BCUT2D eigenvalue weighted by atomic mass is 32.1. The minimum absolute atomic E-state index is 0.184. The van der Waals surface area contributed by atoms with E-state index in [-0.39, 0.29) is 15.7 Å². The highest BCUT2D eigenvalue weighted by Gasteiger charge is 2.34. The van der Waals surface area contributed by atoms with Gasteiger partial charge in [-0.3, -0.25) is 9.59 Å². The zero-order chi connectivity index (χ0) is 14.6. The van der Waals surface area contributed by atoms with Crippen LogP contribution in [-0.4, -0.2) is 46.1 Å². The van der Waals surface area contributed by atoms with Crippen LogP contribution >= 0.6 is 11.3 Å². The molecule has 0 saturated carbocycles. The third kappa shape index (κ3) is 5.55. The number of nitrogen functional groups attached to an aromatic ring is 1. The fraction of sp³-hybridized carbons (Fsp3) is 0.444. The number of hydrogen-bond acceptors (Lipinski definition) is 5. The third-order valence-corrected chi connectivity index (χ3v) is 2.67. The van der Waals surface area contributed by atoms with Gasteiger partial charge in [-0.25, -0.2) is 4.98 Å². The van der Waals surface area contributed by atoms with Crippen LogP contribution in [0.1, 0.15) is 5.69 Å². The van der Waals surface area contributed by atoms with Gasteiger partial charge < -0.3 is 15.7 Å².